The van der Waals surface area contributed by atoms with Gasteiger partial charge in [-0.1, -0.05) is 71.0 Å². The van der Waals surface area contributed by atoms with Crippen LogP contribution >= 0.6 is 27.7 Å². The number of halogens is 1. The van der Waals surface area contributed by atoms with Crippen molar-refractivity contribution >= 4 is 55.2 Å². The summed E-state index contributed by atoms with van der Waals surface area (Å²) < 4.78 is 0.899. The second kappa shape index (κ2) is 7.89. The fourth-order valence-corrected chi connectivity index (χ4v) is 4.77. The standard InChI is InChI=1S/C23H19BrN4OS/c1-2-11-30-23-26-22(29)20-18-13-17(24)9-10-19(18)25-21(28(20)27-23)16-8-7-14-5-3-4-6-15(14)12-16/h3-10,12-13,21H,2,11H2,1H3,(H,26,27,29). The summed E-state index contributed by atoms with van der Waals surface area (Å²) in [4.78, 5) is 18.1. The molecule has 5 nitrogen and oxygen atoms in total. The third-order valence-electron chi connectivity index (χ3n) is 5.08. The third-order valence-corrected chi connectivity index (χ3v) is 6.65. The van der Waals surface area contributed by atoms with Crippen molar-refractivity contribution in [3.05, 3.63) is 81.3 Å². The van der Waals surface area contributed by atoms with Gasteiger partial charge in [0.2, 0.25) is 0 Å². The Hall–Kier alpha value is -2.64. The van der Waals surface area contributed by atoms with Gasteiger partial charge >= 0.3 is 0 Å². The summed E-state index contributed by atoms with van der Waals surface area (Å²) in [6, 6.07) is 20.3. The zero-order valence-corrected chi connectivity index (χ0v) is 18.7. The van der Waals surface area contributed by atoms with Crippen LogP contribution in [0.4, 0.5) is 0 Å². The first-order valence-corrected chi connectivity index (χ1v) is 11.6. The Kier molecular flexibility index (Phi) is 5.08. The molecule has 3 aromatic carbocycles. The first-order chi connectivity index (χ1) is 14.6. The number of amides is 1. The predicted molar refractivity (Wildman–Crippen MR) is 125 cm³/mol. The van der Waals surface area contributed by atoms with E-state index >= 15 is 0 Å². The highest BCUT2D eigenvalue weighted by molar-refractivity contribution is 9.10. The van der Waals surface area contributed by atoms with Gasteiger partial charge in [-0.25, -0.2) is 5.01 Å². The van der Waals surface area contributed by atoms with Crippen molar-refractivity contribution < 1.29 is 4.79 Å². The van der Waals surface area contributed by atoms with Gasteiger partial charge in [0.1, 0.15) is 5.70 Å². The second-order valence-corrected chi connectivity index (χ2v) is 9.17. The molecule has 7 heteroatoms. The van der Waals surface area contributed by atoms with Crippen molar-refractivity contribution in [2.24, 2.45) is 10.1 Å². The van der Waals surface area contributed by atoms with E-state index in [1.807, 2.05) is 30.3 Å². The monoisotopic (exact) mass is 478 g/mol. The van der Waals surface area contributed by atoms with Crippen LogP contribution in [0, 0.1) is 0 Å². The first-order valence-electron chi connectivity index (χ1n) is 9.82. The van der Waals surface area contributed by atoms with Gasteiger partial charge in [0.25, 0.3) is 5.91 Å². The lowest BCUT2D eigenvalue weighted by Gasteiger charge is -2.34. The summed E-state index contributed by atoms with van der Waals surface area (Å²) in [6.07, 6.45) is 0.603. The lowest BCUT2D eigenvalue weighted by molar-refractivity contribution is -0.116. The summed E-state index contributed by atoms with van der Waals surface area (Å²) >= 11 is 5.07. The van der Waals surface area contributed by atoms with E-state index < -0.39 is 6.17 Å². The van der Waals surface area contributed by atoms with E-state index in [2.05, 4.69) is 58.5 Å². The Balaban J connectivity index is 1.71. The van der Waals surface area contributed by atoms with Crippen LogP contribution in [0.1, 0.15) is 25.1 Å². The van der Waals surface area contributed by atoms with Gasteiger partial charge < -0.3 is 0 Å². The van der Waals surface area contributed by atoms with Gasteiger partial charge in [-0.05, 0) is 47.0 Å². The summed E-state index contributed by atoms with van der Waals surface area (Å²) in [5.41, 5.74) is 1.53. The number of carbonyl (C=O) groups is 1. The molecule has 0 bridgehead atoms. The van der Waals surface area contributed by atoms with Crippen LogP contribution in [0.2, 0.25) is 0 Å². The highest BCUT2D eigenvalue weighted by Crippen LogP contribution is 2.32. The molecule has 0 aliphatic carbocycles. The molecule has 0 aromatic heterocycles. The third kappa shape index (κ3) is 3.42. The minimum Gasteiger partial charge on any atom is -0.298 e. The summed E-state index contributed by atoms with van der Waals surface area (Å²) in [7, 11) is 0. The van der Waals surface area contributed by atoms with E-state index in [1.54, 1.807) is 16.8 Å². The van der Waals surface area contributed by atoms with Gasteiger partial charge in [-0.2, -0.15) is 0 Å². The number of hydrogen-bond acceptors (Lipinski definition) is 5. The highest BCUT2D eigenvalue weighted by Gasteiger charge is 2.34. The van der Waals surface area contributed by atoms with Crippen molar-refractivity contribution in [3.8, 4) is 0 Å². The zero-order valence-electron chi connectivity index (χ0n) is 16.3. The lowest BCUT2D eigenvalue weighted by atomic mass is 10.0. The molecular formula is C23H19BrN4OS. The summed E-state index contributed by atoms with van der Waals surface area (Å²) in [6.45, 7) is 2.11. The number of hydrogen-bond donors (Lipinski definition) is 1. The van der Waals surface area contributed by atoms with Crippen LogP contribution in [0.3, 0.4) is 0 Å². The smallest absolute Gasteiger partial charge is 0.276 e. The van der Waals surface area contributed by atoms with Crippen molar-refractivity contribution in [2.75, 3.05) is 5.75 Å². The first kappa shape index (κ1) is 19.3. The Bertz CT molecular complexity index is 1320. The Morgan fingerprint density at radius 3 is 2.77 bits per heavy atom. The average molecular weight is 479 g/mol. The van der Waals surface area contributed by atoms with Crippen molar-refractivity contribution in [3.63, 3.8) is 0 Å². The Morgan fingerprint density at radius 2 is 1.93 bits per heavy atom. The van der Waals surface area contributed by atoms with Gasteiger partial charge in [0.15, 0.2) is 11.3 Å². The van der Waals surface area contributed by atoms with E-state index in [1.165, 1.54) is 5.39 Å². The number of nitrogens with zero attached hydrogens (tertiary/aromatic N) is 3. The molecule has 1 N–H and O–H groups in total. The van der Waals surface area contributed by atoms with E-state index in [0.29, 0.717) is 10.9 Å². The minimum absolute atomic E-state index is 0.149. The van der Waals surface area contributed by atoms with Gasteiger partial charge in [-0.3, -0.25) is 15.1 Å². The molecule has 0 saturated carbocycles. The van der Waals surface area contributed by atoms with Crippen LogP contribution in [0.5, 0.6) is 0 Å². The minimum atomic E-state index is -0.401. The SMILES string of the molecule is CCCSC1=NN2C(=c3cc(Br)ccc3=NC2c2ccc3ccccc3c2)C(=O)N1. The Morgan fingerprint density at radius 1 is 1.10 bits per heavy atom. The van der Waals surface area contributed by atoms with Crippen molar-refractivity contribution in [2.45, 2.75) is 19.5 Å². The van der Waals surface area contributed by atoms with Crippen LogP contribution in [0.25, 0.3) is 16.5 Å². The van der Waals surface area contributed by atoms with E-state index in [0.717, 1.165) is 38.2 Å². The molecule has 2 aliphatic heterocycles. The molecule has 0 spiro atoms. The lowest BCUT2D eigenvalue weighted by Crippen LogP contribution is -2.50. The second-order valence-electron chi connectivity index (χ2n) is 7.17. The maximum absolute atomic E-state index is 13.1. The normalized spacial score (nSPS) is 17.7. The maximum Gasteiger partial charge on any atom is 0.276 e. The molecule has 5 rings (SSSR count). The van der Waals surface area contributed by atoms with Gasteiger partial charge in [-0.15, -0.1) is 5.10 Å². The number of rotatable bonds is 3. The Labute approximate surface area is 186 Å². The van der Waals surface area contributed by atoms with Crippen LogP contribution in [0.15, 0.2) is 75.2 Å². The molecule has 2 heterocycles. The number of fused-ring (bicyclic) bond motifs is 3. The zero-order chi connectivity index (χ0) is 20.7. The molecule has 0 radical (unpaired) electrons. The van der Waals surface area contributed by atoms with Crippen molar-refractivity contribution in [1.29, 1.82) is 0 Å². The molecule has 1 atom stereocenters. The molecular weight excluding hydrogens is 460 g/mol. The number of hydrazone groups is 1. The number of nitrogens with one attached hydrogen (secondary N) is 1. The van der Waals surface area contributed by atoms with E-state index in [9.17, 15) is 4.79 Å². The summed E-state index contributed by atoms with van der Waals surface area (Å²) in [5.74, 6) is 0.742. The van der Waals surface area contributed by atoms with Crippen molar-refractivity contribution in [1.82, 2.24) is 10.3 Å². The van der Waals surface area contributed by atoms with Crippen LogP contribution < -0.4 is 15.9 Å². The molecule has 30 heavy (non-hydrogen) atoms. The number of carbonyl (C=O) groups excluding carboxylic acids is 1. The quantitative estimate of drug-likeness (QED) is 0.621. The maximum atomic E-state index is 13.1. The van der Waals surface area contributed by atoms with Gasteiger partial charge in [0.05, 0.1) is 5.36 Å². The number of benzene rings is 3. The molecule has 1 amide bonds. The number of thioether (sulfide) groups is 1. The summed E-state index contributed by atoms with van der Waals surface area (Å²) in [5, 5.41) is 14.0. The molecule has 0 fully saturated rings. The van der Waals surface area contributed by atoms with Crippen LogP contribution in [-0.4, -0.2) is 21.8 Å². The molecule has 150 valence electrons. The molecule has 1 unspecified atom stereocenters. The molecule has 0 saturated heterocycles. The molecule has 2 aliphatic rings. The highest BCUT2D eigenvalue weighted by atomic mass is 79.9. The molecule has 3 aromatic rings. The van der Waals surface area contributed by atoms with E-state index in [-0.39, 0.29) is 5.91 Å². The van der Waals surface area contributed by atoms with Crippen LogP contribution in [-0.2, 0) is 4.79 Å². The van der Waals surface area contributed by atoms with E-state index in [4.69, 9.17) is 10.1 Å². The topological polar surface area (TPSA) is 57.1 Å². The fraction of sp³-hybridized carbons (Fsp3) is 0.174. The largest absolute Gasteiger partial charge is 0.298 e. The fourth-order valence-electron chi connectivity index (χ4n) is 3.70. The average Bonchev–Trinajstić information content (AvgIpc) is 2.76. The van der Waals surface area contributed by atoms with Gasteiger partial charge in [0, 0.05) is 15.4 Å². The number of amidine groups is 1. The predicted octanol–water partition coefficient (Wildman–Crippen LogP) is 3.89.